The third-order valence-electron chi connectivity index (χ3n) is 4.12. The molecule has 0 amide bonds. The van der Waals surface area contributed by atoms with E-state index in [1.165, 1.54) is 25.3 Å². The Kier molecular flexibility index (Phi) is 5.10. The fourth-order valence-electron chi connectivity index (χ4n) is 2.80. The highest BCUT2D eigenvalue weighted by atomic mass is 32.2. The minimum Gasteiger partial charge on any atom is -0.468 e. The maximum absolute atomic E-state index is 13.2. The predicted molar refractivity (Wildman–Crippen MR) is 102 cm³/mol. The molecule has 0 heterocycles. The molecule has 0 fully saturated rings. The van der Waals surface area contributed by atoms with Crippen molar-refractivity contribution >= 4 is 32.5 Å². The van der Waals surface area contributed by atoms with Crippen molar-refractivity contribution in [2.75, 3.05) is 18.0 Å². The predicted octanol–water partition coefficient (Wildman–Crippen LogP) is 3.08. The Hall–Kier alpha value is -3.37. The Morgan fingerprint density at radius 1 is 1.00 bits per heavy atom. The van der Waals surface area contributed by atoms with Gasteiger partial charge >= 0.3 is 5.97 Å². The molecule has 0 spiro atoms. The van der Waals surface area contributed by atoms with E-state index in [0.29, 0.717) is 22.0 Å². The molecular formula is C20H16N2O4S. The number of anilines is 1. The molecule has 0 unspecified atom stereocenters. The van der Waals surface area contributed by atoms with Crippen LogP contribution >= 0.6 is 0 Å². The second kappa shape index (κ2) is 7.48. The molecule has 136 valence electrons. The van der Waals surface area contributed by atoms with Crippen molar-refractivity contribution in [2.45, 2.75) is 4.90 Å². The summed E-state index contributed by atoms with van der Waals surface area (Å²) in [6.07, 6.45) is 0. The molecule has 27 heavy (non-hydrogen) atoms. The molecule has 0 atom stereocenters. The van der Waals surface area contributed by atoms with Gasteiger partial charge in [-0.2, -0.15) is 5.26 Å². The first-order valence-corrected chi connectivity index (χ1v) is 9.49. The van der Waals surface area contributed by atoms with Crippen molar-refractivity contribution in [2.24, 2.45) is 0 Å². The number of rotatable bonds is 5. The van der Waals surface area contributed by atoms with Crippen LogP contribution in [0.25, 0.3) is 10.8 Å². The SMILES string of the molecule is COC(=O)CN(c1ccc(C#N)c2ccccc12)S(=O)(=O)c1ccccc1. The van der Waals surface area contributed by atoms with Crippen LogP contribution in [0.3, 0.4) is 0 Å². The van der Waals surface area contributed by atoms with Crippen molar-refractivity contribution in [1.29, 1.82) is 5.26 Å². The van der Waals surface area contributed by atoms with E-state index in [4.69, 9.17) is 4.74 Å². The van der Waals surface area contributed by atoms with E-state index in [2.05, 4.69) is 6.07 Å². The maximum Gasteiger partial charge on any atom is 0.326 e. The van der Waals surface area contributed by atoms with E-state index in [9.17, 15) is 18.5 Å². The summed E-state index contributed by atoms with van der Waals surface area (Å²) in [7, 11) is -2.82. The fourth-order valence-corrected chi connectivity index (χ4v) is 4.25. The zero-order chi connectivity index (χ0) is 19.4. The number of nitriles is 1. The van der Waals surface area contributed by atoms with Gasteiger partial charge < -0.3 is 4.74 Å². The molecule has 0 aliphatic carbocycles. The van der Waals surface area contributed by atoms with Gasteiger partial charge in [0.15, 0.2) is 0 Å². The molecule has 6 nitrogen and oxygen atoms in total. The smallest absolute Gasteiger partial charge is 0.326 e. The number of nitrogens with zero attached hydrogens (tertiary/aromatic N) is 2. The van der Waals surface area contributed by atoms with Gasteiger partial charge in [-0.15, -0.1) is 0 Å². The van der Waals surface area contributed by atoms with E-state index in [-0.39, 0.29) is 4.90 Å². The Morgan fingerprint density at radius 3 is 2.26 bits per heavy atom. The van der Waals surface area contributed by atoms with Crippen LogP contribution in [-0.2, 0) is 19.6 Å². The Morgan fingerprint density at radius 2 is 1.63 bits per heavy atom. The summed E-state index contributed by atoms with van der Waals surface area (Å²) in [5, 5.41) is 10.5. The molecule has 3 aromatic rings. The Balaban J connectivity index is 2.26. The quantitative estimate of drug-likeness (QED) is 0.635. The van der Waals surface area contributed by atoms with Crippen LogP contribution < -0.4 is 4.31 Å². The lowest BCUT2D eigenvalue weighted by Crippen LogP contribution is -2.36. The molecule has 7 heteroatoms. The molecule has 3 aromatic carbocycles. The van der Waals surface area contributed by atoms with Gasteiger partial charge in [-0.1, -0.05) is 42.5 Å². The second-order valence-corrected chi connectivity index (χ2v) is 7.55. The average Bonchev–Trinajstić information content (AvgIpc) is 2.71. The molecular weight excluding hydrogens is 364 g/mol. The van der Waals surface area contributed by atoms with Gasteiger partial charge in [0.25, 0.3) is 10.0 Å². The van der Waals surface area contributed by atoms with Gasteiger partial charge in [0.2, 0.25) is 0 Å². The summed E-state index contributed by atoms with van der Waals surface area (Å²) < 4.78 is 32.2. The van der Waals surface area contributed by atoms with Gasteiger partial charge in [0, 0.05) is 10.8 Å². The molecule has 0 aliphatic heterocycles. The summed E-state index contributed by atoms with van der Waals surface area (Å²) in [6, 6.07) is 20.0. The summed E-state index contributed by atoms with van der Waals surface area (Å²) in [5.41, 5.74) is 0.725. The van der Waals surface area contributed by atoms with Crippen LogP contribution in [0.15, 0.2) is 71.6 Å². The lowest BCUT2D eigenvalue weighted by atomic mass is 10.0. The first-order chi connectivity index (χ1) is 13.0. The van der Waals surface area contributed by atoms with Gasteiger partial charge in [-0.05, 0) is 24.3 Å². The molecule has 0 N–H and O–H groups in total. The van der Waals surface area contributed by atoms with Gasteiger partial charge in [0.05, 0.1) is 29.3 Å². The number of hydrogen-bond donors (Lipinski definition) is 0. The largest absolute Gasteiger partial charge is 0.468 e. The highest BCUT2D eigenvalue weighted by Crippen LogP contribution is 2.32. The number of ether oxygens (including phenoxy) is 1. The maximum atomic E-state index is 13.2. The van der Waals surface area contributed by atoms with Crippen molar-refractivity contribution in [1.82, 2.24) is 0 Å². The van der Waals surface area contributed by atoms with Crippen LogP contribution in [-0.4, -0.2) is 28.0 Å². The van der Waals surface area contributed by atoms with E-state index >= 15 is 0 Å². The average molecular weight is 380 g/mol. The van der Waals surface area contributed by atoms with E-state index in [1.807, 2.05) is 0 Å². The molecule has 0 bridgehead atoms. The van der Waals surface area contributed by atoms with Crippen molar-refractivity contribution in [3.63, 3.8) is 0 Å². The van der Waals surface area contributed by atoms with Crippen LogP contribution in [0.1, 0.15) is 5.56 Å². The first kappa shape index (κ1) is 18.4. The lowest BCUT2D eigenvalue weighted by molar-refractivity contribution is -0.138. The van der Waals surface area contributed by atoms with E-state index in [0.717, 1.165) is 4.31 Å². The van der Waals surface area contributed by atoms with E-state index in [1.54, 1.807) is 48.5 Å². The number of carbonyl (C=O) groups is 1. The number of esters is 1. The number of methoxy groups -OCH3 is 1. The summed E-state index contributed by atoms with van der Waals surface area (Å²) in [4.78, 5) is 12.0. The van der Waals surface area contributed by atoms with Crippen molar-refractivity contribution < 1.29 is 17.9 Å². The monoisotopic (exact) mass is 380 g/mol. The standard InChI is InChI=1S/C20H16N2O4S/c1-26-20(23)14-22(27(24,25)16-7-3-2-4-8-16)19-12-11-15(13-21)17-9-5-6-10-18(17)19/h2-12H,14H2,1H3. The number of sulfonamides is 1. The minimum atomic E-state index is -4.02. The van der Waals surface area contributed by atoms with Crippen molar-refractivity contribution in [3.05, 3.63) is 72.3 Å². The molecule has 3 rings (SSSR count). The molecule has 0 saturated heterocycles. The number of fused-ring (bicyclic) bond motifs is 1. The van der Waals surface area contributed by atoms with Crippen LogP contribution in [0.2, 0.25) is 0 Å². The zero-order valence-electron chi connectivity index (χ0n) is 14.5. The normalized spacial score (nSPS) is 11.0. The van der Waals surface area contributed by atoms with Crippen LogP contribution in [0, 0.1) is 11.3 Å². The summed E-state index contributed by atoms with van der Waals surface area (Å²) in [6.45, 7) is -0.483. The minimum absolute atomic E-state index is 0.0577. The Bertz CT molecular complexity index is 1140. The fraction of sp³-hybridized carbons (Fsp3) is 0.100. The first-order valence-electron chi connectivity index (χ1n) is 8.05. The summed E-state index contributed by atoms with van der Waals surface area (Å²) in [5.74, 6) is -0.692. The second-order valence-electron chi connectivity index (χ2n) is 5.69. The molecule has 0 aliphatic rings. The highest BCUT2D eigenvalue weighted by molar-refractivity contribution is 7.92. The van der Waals surface area contributed by atoms with Gasteiger partial charge in [0.1, 0.15) is 6.54 Å². The topological polar surface area (TPSA) is 87.5 Å². The molecule has 0 radical (unpaired) electrons. The molecule has 0 saturated carbocycles. The number of hydrogen-bond acceptors (Lipinski definition) is 5. The Labute approximate surface area is 157 Å². The lowest BCUT2D eigenvalue weighted by Gasteiger charge is -2.25. The van der Waals surface area contributed by atoms with E-state index < -0.39 is 22.5 Å². The number of benzene rings is 3. The van der Waals surface area contributed by atoms with Gasteiger partial charge in [-0.25, -0.2) is 8.42 Å². The van der Waals surface area contributed by atoms with Crippen LogP contribution in [0.5, 0.6) is 0 Å². The van der Waals surface area contributed by atoms with Gasteiger partial charge in [-0.3, -0.25) is 9.10 Å². The number of carbonyl (C=O) groups excluding carboxylic acids is 1. The molecule has 0 aromatic heterocycles. The van der Waals surface area contributed by atoms with Crippen LogP contribution in [0.4, 0.5) is 5.69 Å². The third-order valence-corrected chi connectivity index (χ3v) is 5.90. The van der Waals surface area contributed by atoms with Crippen molar-refractivity contribution in [3.8, 4) is 6.07 Å². The highest BCUT2D eigenvalue weighted by Gasteiger charge is 2.29. The zero-order valence-corrected chi connectivity index (χ0v) is 15.3. The third kappa shape index (κ3) is 3.48. The summed E-state index contributed by atoms with van der Waals surface area (Å²) >= 11 is 0.